The van der Waals surface area contributed by atoms with Gasteiger partial charge >= 0.3 is 0 Å². The van der Waals surface area contributed by atoms with Crippen molar-refractivity contribution in [2.45, 2.75) is 6.92 Å². The summed E-state index contributed by atoms with van der Waals surface area (Å²) < 4.78 is 10.5. The molecule has 1 N–H and O–H groups in total. The zero-order chi connectivity index (χ0) is 19.8. The van der Waals surface area contributed by atoms with Crippen molar-refractivity contribution in [2.75, 3.05) is 31.0 Å². The van der Waals surface area contributed by atoms with Crippen LogP contribution in [0.25, 0.3) is 10.8 Å². The lowest BCUT2D eigenvalue weighted by Crippen LogP contribution is -2.25. The number of hydrogen-bond donors (Lipinski definition) is 1. The minimum absolute atomic E-state index is 0.0129. The number of carbonyl (C=O) groups excluding carboxylic acids is 2. The van der Waals surface area contributed by atoms with E-state index in [1.807, 2.05) is 37.3 Å². The molecule has 4 rings (SSSR count). The van der Waals surface area contributed by atoms with Gasteiger partial charge in [-0.05, 0) is 43.3 Å². The molecule has 3 aromatic carbocycles. The molecule has 0 aromatic heterocycles. The first-order chi connectivity index (χ1) is 13.6. The summed E-state index contributed by atoms with van der Waals surface area (Å²) in [5.41, 5.74) is 2.54. The van der Waals surface area contributed by atoms with Crippen LogP contribution >= 0.6 is 0 Å². The Morgan fingerprint density at radius 3 is 2.61 bits per heavy atom. The molecule has 0 unspecified atom stereocenters. The van der Waals surface area contributed by atoms with Crippen LogP contribution < -0.4 is 19.7 Å². The van der Waals surface area contributed by atoms with Crippen LogP contribution in [-0.4, -0.2) is 32.6 Å². The zero-order valence-corrected chi connectivity index (χ0v) is 15.9. The van der Waals surface area contributed by atoms with Crippen LogP contribution in [0.5, 0.6) is 11.5 Å². The van der Waals surface area contributed by atoms with Gasteiger partial charge in [-0.1, -0.05) is 12.1 Å². The molecule has 6 nitrogen and oxygen atoms in total. The Labute approximate surface area is 162 Å². The lowest BCUT2D eigenvalue weighted by atomic mass is 10.0. The second-order valence-corrected chi connectivity index (χ2v) is 6.43. The first kappa shape index (κ1) is 17.9. The molecule has 1 heterocycles. The molecule has 0 spiro atoms. The highest BCUT2D eigenvalue weighted by molar-refractivity contribution is 6.27. The summed E-state index contributed by atoms with van der Waals surface area (Å²) in [6, 6.07) is 14.3. The maximum atomic E-state index is 13.0. The van der Waals surface area contributed by atoms with Crippen molar-refractivity contribution in [3.63, 3.8) is 0 Å². The van der Waals surface area contributed by atoms with E-state index in [1.54, 1.807) is 30.2 Å². The van der Waals surface area contributed by atoms with Crippen LogP contribution in [0.3, 0.4) is 0 Å². The van der Waals surface area contributed by atoms with Crippen LogP contribution in [0.1, 0.15) is 27.6 Å². The van der Waals surface area contributed by atoms with E-state index in [0.29, 0.717) is 34.9 Å². The number of methoxy groups -OCH3 is 2. The number of rotatable bonds is 5. The minimum atomic E-state index is -0.312. The monoisotopic (exact) mass is 376 g/mol. The Morgan fingerprint density at radius 1 is 1.07 bits per heavy atom. The fourth-order valence-electron chi connectivity index (χ4n) is 3.65. The van der Waals surface area contributed by atoms with Gasteiger partial charge in [0.05, 0.1) is 25.5 Å². The summed E-state index contributed by atoms with van der Waals surface area (Å²) in [6.45, 7) is 2.54. The molecule has 28 heavy (non-hydrogen) atoms. The smallest absolute Gasteiger partial charge is 0.259 e. The number of nitrogens with one attached hydrogen (secondary N) is 1. The van der Waals surface area contributed by atoms with Crippen molar-refractivity contribution in [1.82, 2.24) is 0 Å². The molecule has 0 saturated carbocycles. The Bertz CT molecular complexity index is 1110. The van der Waals surface area contributed by atoms with Crippen molar-refractivity contribution >= 4 is 34.0 Å². The van der Waals surface area contributed by atoms with E-state index in [-0.39, 0.29) is 11.8 Å². The quantitative estimate of drug-likeness (QED) is 0.728. The Morgan fingerprint density at radius 2 is 1.89 bits per heavy atom. The Kier molecular flexibility index (Phi) is 4.39. The SMILES string of the molecule is CCN1C(=O)c2cccc3c(NC(=O)c4cc(OC)ccc4OC)ccc1c23. The molecule has 0 atom stereocenters. The number of carbonyl (C=O) groups is 2. The van der Waals surface area contributed by atoms with Crippen molar-refractivity contribution < 1.29 is 19.1 Å². The van der Waals surface area contributed by atoms with Crippen molar-refractivity contribution in [3.05, 3.63) is 59.7 Å². The number of ether oxygens (including phenoxy) is 2. The maximum absolute atomic E-state index is 13.0. The zero-order valence-electron chi connectivity index (χ0n) is 15.9. The molecule has 0 aliphatic carbocycles. The maximum Gasteiger partial charge on any atom is 0.259 e. The Balaban J connectivity index is 1.78. The predicted octanol–water partition coefficient (Wildman–Crippen LogP) is 4.09. The van der Waals surface area contributed by atoms with Gasteiger partial charge < -0.3 is 19.7 Å². The van der Waals surface area contributed by atoms with Gasteiger partial charge in [-0.25, -0.2) is 0 Å². The summed E-state index contributed by atoms with van der Waals surface area (Å²) >= 11 is 0. The summed E-state index contributed by atoms with van der Waals surface area (Å²) in [5, 5.41) is 4.65. The van der Waals surface area contributed by atoms with Gasteiger partial charge in [-0.15, -0.1) is 0 Å². The van der Waals surface area contributed by atoms with Gasteiger partial charge in [0.1, 0.15) is 11.5 Å². The van der Waals surface area contributed by atoms with E-state index in [1.165, 1.54) is 7.11 Å². The van der Waals surface area contributed by atoms with E-state index in [4.69, 9.17) is 9.47 Å². The Hall–Kier alpha value is -3.54. The van der Waals surface area contributed by atoms with Crippen molar-refractivity contribution in [1.29, 1.82) is 0 Å². The molecule has 0 fully saturated rings. The van der Waals surface area contributed by atoms with E-state index < -0.39 is 0 Å². The summed E-state index contributed by atoms with van der Waals surface area (Å²) in [7, 11) is 3.06. The molecule has 0 radical (unpaired) electrons. The largest absolute Gasteiger partial charge is 0.497 e. The van der Waals surface area contributed by atoms with Crippen molar-refractivity contribution in [2.24, 2.45) is 0 Å². The standard InChI is InChI=1S/C22H20N2O4/c1-4-24-18-10-9-17(14-6-5-7-15(20(14)18)22(24)26)23-21(25)16-12-13(27-2)8-11-19(16)28-3/h5-12H,4H2,1-3H3,(H,23,25). The third-order valence-electron chi connectivity index (χ3n) is 5.00. The first-order valence-electron chi connectivity index (χ1n) is 9.00. The van der Waals surface area contributed by atoms with Gasteiger partial charge in [0, 0.05) is 28.6 Å². The van der Waals surface area contributed by atoms with Gasteiger partial charge in [0.2, 0.25) is 0 Å². The number of hydrogen-bond acceptors (Lipinski definition) is 4. The molecule has 0 saturated heterocycles. The van der Waals surface area contributed by atoms with E-state index >= 15 is 0 Å². The van der Waals surface area contributed by atoms with Crippen LogP contribution in [0.2, 0.25) is 0 Å². The third kappa shape index (κ3) is 2.65. The molecule has 3 aromatic rings. The van der Waals surface area contributed by atoms with Gasteiger partial charge in [-0.2, -0.15) is 0 Å². The van der Waals surface area contributed by atoms with E-state index in [2.05, 4.69) is 5.32 Å². The summed E-state index contributed by atoms with van der Waals surface area (Å²) in [5.74, 6) is 0.696. The predicted molar refractivity (Wildman–Crippen MR) is 109 cm³/mol. The van der Waals surface area contributed by atoms with E-state index in [9.17, 15) is 9.59 Å². The number of anilines is 2. The lowest BCUT2D eigenvalue weighted by Gasteiger charge is -2.16. The second kappa shape index (κ2) is 6.88. The fourth-order valence-corrected chi connectivity index (χ4v) is 3.65. The molecule has 1 aliphatic heterocycles. The lowest BCUT2D eigenvalue weighted by molar-refractivity contribution is 0.0992. The van der Waals surface area contributed by atoms with Gasteiger partial charge in [0.25, 0.3) is 11.8 Å². The average molecular weight is 376 g/mol. The molecule has 1 aliphatic rings. The third-order valence-corrected chi connectivity index (χ3v) is 5.00. The number of benzene rings is 3. The normalized spacial score (nSPS) is 12.4. The van der Waals surface area contributed by atoms with Crippen LogP contribution in [-0.2, 0) is 0 Å². The van der Waals surface area contributed by atoms with Crippen LogP contribution in [0.15, 0.2) is 48.5 Å². The first-order valence-corrected chi connectivity index (χ1v) is 9.00. The van der Waals surface area contributed by atoms with Gasteiger partial charge in [-0.3, -0.25) is 9.59 Å². The average Bonchev–Trinajstić information content (AvgIpc) is 3.01. The molecule has 142 valence electrons. The highest BCUT2D eigenvalue weighted by Gasteiger charge is 2.29. The van der Waals surface area contributed by atoms with Gasteiger partial charge in [0.15, 0.2) is 0 Å². The number of amides is 2. The highest BCUT2D eigenvalue weighted by Crippen LogP contribution is 2.40. The topological polar surface area (TPSA) is 67.9 Å². The molecule has 2 amide bonds. The molecule has 6 heteroatoms. The molecule has 0 bridgehead atoms. The van der Waals surface area contributed by atoms with E-state index in [0.717, 1.165) is 16.5 Å². The van der Waals surface area contributed by atoms with Crippen LogP contribution in [0.4, 0.5) is 11.4 Å². The molecular weight excluding hydrogens is 356 g/mol. The highest BCUT2D eigenvalue weighted by atomic mass is 16.5. The fraction of sp³-hybridized carbons (Fsp3) is 0.182. The molecular formula is C22H20N2O4. The van der Waals surface area contributed by atoms with Crippen LogP contribution in [0, 0.1) is 0 Å². The van der Waals surface area contributed by atoms with Crippen molar-refractivity contribution in [3.8, 4) is 11.5 Å². The second-order valence-electron chi connectivity index (χ2n) is 6.43. The summed E-state index contributed by atoms with van der Waals surface area (Å²) in [4.78, 5) is 27.3. The number of nitrogens with zero attached hydrogens (tertiary/aromatic N) is 1. The summed E-state index contributed by atoms with van der Waals surface area (Å²) in [6.07, 6.45) is 0. The minimum Gasteiger partial charge on any atom is -0.497 e.